The fourth-order valence-corrected chi connectivity index (χ4v) is 3.43. The Morgan fingerprint density at radius 2 is 1.60 bits per heavy atom. The summed E-state index contributed by atoms with van der Waals surface area (Å²) in [5.74, 6) is 0.538. The van der Waals surface area contributed by atoms with Gasteiger partial charge >= 0.3 is 0 Å². The number of anilines is 2. The van der Waals surface area contributed by atoms with Crippen LogP contribution in [0, 0.1) is 11.3 Å². The predicted molar refractivity (Wildman–Crippen MR) is 119 cm³/mol. The van der Waals surface area contributed by atoms with Crippen LogP contribution in [0.5, 0.6) is 0 Å². The van der Waals surface area contributed by atoms with Crippen molar-refractivity contribution in [1.82, 2.24) is 15.0 Å². The maximum absolute atomic E-state index is 8.77. The lowest BCUT2D eigenvalue weighted by Crippen LogP contribution is -1.97. The molecule has 142 valence electrons. The Labute approximate surface area is 173 Å². The third kappa shape index (κ3) is 3.54. The molecule has 5 nitrogen and oxygen atoms in total. The maximum Gasteiger partial charge on any atom is 0.227 e. The zero-order valence-electron chi connectivity index (χ0n) is 16.1. The Morgan fingerprint density at radius 3 is 2.47 bits per heavy atom. The van der Waals surface area contributed by atoms with Crippen molar-refractivity contribution >= 4 is 33.4 Å². The molecule has 1 N–H and O–H groups in total. The second-order valence-corrected chi connectivity index (χ2v) is 7.04. The van der Waals surface area contributed by atoms with Gasteiger partial charge in [0.25, 0.3) is 0 Å². The summed E-state index contributed by atoms with van der Waals surface area (Å²) in [7, 11) is 0. The van der Waals surface area contributed by atoms with Gasteiger partial charge in [0.05, 0.1) is 23.5 Å². The number of rotatable bonds is 4. The molecule has 0 fully saturated rings. The topological polar surface area (TPSA) is 74.5 Å². The highest BCUT2D eigenvalue weighted by Crippen LogP contribution is 2.26. The Balaban J connectivity index is 1.42. The normalized spacial score (nSPS) is 10.8. The number of pyridine rings is 1. The van der Waals surface area contributed by atoms with Crippen LogP contribution in [0.3, 0.4) is 0 Å². The molecule has 0 unspecified atom stereocenters. The van der Waals surface area contributed by atoms with Crippen LogP contribution in [-0.4, -0.2) is 15.0 Å². The first kappa shape index (κ1) is 17.8. The Hall–Kier alpha value is -4.30. The number of nitrogens with zero attached hydrogens (tertiary/aromatic N) is 4. The van der Waals surface area contributed by atoms with E-state index < -0.39 is 0 Å². The number of nitriles is 1. The molecule has 2 heterocycles. The first-order valence-corrected chi connectivity index (χ1v) is 9.63. The van der Waals surface area contributed by atoms with Crippen LogP contribution in [0.4, 0.5) is 11.6 Å². The van der Waals surface area contributed by atoms with Gasteiger partial charge < -0.3 is 5.32 Å². The minimum atomic E-state index is 0.405. The Morgan fingerprint density at radius 1 is 0.767 bits per heavy atom. The summed E-state index contributed by atoms with van der Waals surface area (Å²) < 4.78 is 0. The highest BCUT2D eigenvalue weighted by molar-refractivity contribution is 5.88. The van der Waals surface area contributed by atoms with Crippen molar-refractivity contribution in [3.05, 3.63) is 90.8 Å². The summed E-state index contributed by atoms with van der Waals surface area (Å²) in [5.41, 5.74) is 5.87. The fraction of sp³-hybridized carbons (Fsp3) is 0.0400. The molecule has 3 aromatic carbocycles. The number of aromatic nitrogens is 3. The second kappa shape index (κ2) is 7.61. The molecule has 5 rings (SSSR count). The molecule has 0 saturated heterocycles. The third-order valence-corrected chi connectivity index (χ3v) is 5.00. The molecule has 0 spiro atoms. The number of nitrogens with one attached hydrogen (secondary N) is 1. The smallest absolute Gasteiger partial charge is 0.227 e. The molecule has 0 atom stereocenters. The van der Waals surface area contributed by atoms with Gasteiger partial charge in [0.2, 0.25) is 5.95 Å². The van der Waals surface area contributed by atoms with Gasteiger partial charge in [0.1, 0.15) is 0 Å². The maximum atomic E-state index is 8.77. The lowest BCUT2D eigenvalue weighted by molar-refractivity contribution is 1.21. The van der Waals surface area contributed by atoms with Gasteiger partial charge in [-0.3, -0.25) is 4.98 Å². The fourth-order valence-electron chi connectivity index (χ4n) is 3.43. The molecule has 0 amide bonds. The van der Waals surface area contributed by atoms with E-state index in [1.807, 2.05) is 60.9 Å². The lowest BCUT2D eigenvalue weighted by atomic mass is 10.0. The SMILES string of the molecule is N#CCc1ccc(Nc2ncc3cc(-c4cnc5ccccc5c4)ccc3n2)cc1. The monoisotopic (exact) mass is 387 g/mol. The van der Waals surface area contributed by atoms with Crippen LogP contribution in [-0.2, 0) is 6.42 Å². The van der Waals surface area contributed by atoms with Crippen molar-refractivity contribution in [2.24, 2.45) is 0 Å². The van der Waals surface area contributed by atoms with Crippen molar-refractivity contribution in [3.8, 4) is 17.2 Å². The molecule has 0 aliphatic heterocycles. The molecular formula is C25H17N5. The number of hydrogen-bond donors (Lipinski definition) is 1. The number of para-hydroxylation sites is 1. The first-order valence-electron chi connectivity index (χ1n) is 9.63. The van der Waals surface area contributed by atoms with Gasteiger partial charge in [-0.25, -0.2) is 9.97 Å². The van der Waals surface area contributed by atoms with Crippen LogP contribution in [0.1, 0.15) is 5.56 Å². The number of fused-ring (bicyclic) bond motifs is 2. The Kier molecular flexibility index (Phi) is 4.51. The van der Waals surface area contributed by atoms with Gasteiger partial charge in [-0.2, -0.15) is 5.26 Å². The van der Waals surface area contributed by atoms with E-state index in [-0.39, 0.29) is 0 Å². The van der Waals surface area contributed by atoms with E-state index in [4.69, 9.17) is 5.26 Å². The molecule has 2 aromatic heterocycles. The summed E-state index contributed by atoms with van der Waals surface area (Å²) in [6, 6.07) is 26.2. The molecule has 0 saturated carbocycles. The van der Waals surface area contributed by atoms with Crippen LogP contribution in [0.15, 0.2) is 85.2 Å². The van der Waals surface area contributed by atoms with Gasteiger partial charge in [-0.1, -0.05) is 36.4 Å². The summed E-state index contributed by atoms with van der Waals surface area (Å²) in [6.45, 7) is 0. The van der Waals surface area contributed by atoms with Crippen molar-refractivity contribution in [2.45, 2.75) is 6.42 Å². The predicted octanol–water partition coefficient (Wildman–Crippen LogP) is 5.65. The van der Waals surface area contributed by atoms with Crippen LogP contribution in [0.25, 0.3) is 32.9 Å². The third-order valence-electron chi connectivity index (χ3n) is 5.00. The molecular weight excluding hydrogens is 370 g/mol. The van der Waals surface area contributed by atoms with Crippen LogP contribution < -0.4 is 5.32 Å². The van der Waals surface area contributed by atoms with Crippen LogP contribution >= 0.6 is 0 Å². The summed E-state index contributed by atoms with van der Waals surface area (Å²) in [5, 5.41) is 14.1. The highest BCUT2D eigenvalue weighted by Gasteiger charge is 2.05. The minimum Gasteiger partial charge on any atom is -0.324 e. The zero-order chi connectivity index (χ0) is 20.3. The molecule has 30 heavy (non-hydrogen) atoms. The molecule has 0 radical (unpaired) electrons. The van der Waals surface area contributed by atoms with Crippen LogP contribution in [0.2, 0.25) is 0 Å². The van der Waals surface area contributed by atoms with Crippen molar-refractivity contribution in [1.29, 1.82) is 5.26 Å². The largest absolute Gasteiger partial charge is 0.324 e. The summed E-state index contributed by atoms with van der Waals surface area (Å²) in [6.07, 6.45) is 4.13. The van der Waals surface area contributed by atoms with Crippen molar-refractivity contribution in [2.75, 3.05) is 5.32 Å². The average molecular weight is 387 g/mol. The molecule has 0 aliphatic carbocycles. The highest BCUT2D eigenvalue weighted by atomic mass is 15.1. The second-order valence-electron chi connectivity index (χ2n) is 7.04. The van der Waals surface area contributed by atoms with E-state index >= 15 is 0 Å². The van der Waals surface area contributed by atoms with Crippen molar-refractivity contribution < 1.29 is 0 Å². The van der Waals surface area contributed by atoms with E-state index in [1.165, 1.54) is 0 Å². The summed E-state index contributed by atoms with van der Waals surface area (Å²) >= 11 is 0. The molecule has 5 heteroatoms. The van der Waals surface area contributed by atoms with Gasteiger partial charge in [0, 0.05) is 34.4 Å². The first-order chi connectivity index (χ1) is 14.8. The van der Waals surface area contributed by atoms with E-state index in [2.05, 4.69) is 50.6 Å². The van der Waals surface area contributed by atoms with Gasteiger partial charge in [-0.05, 0) is 47.5 Å². The summed E-state index contributed by atoms with van der Waals surface area (Å²) in [4.78, 5) is 13.6. The zero-order valence-corrected chi connectivity index (χ0v) is 16.1. The molecule has 0 bridgehead atoms. The van der Waals surface area contributed by atoms with Gasteiger partial charge in [0.15, 0.2) is 0 Å². The Bertz CT molecular complexity index is 1400. The number of hydrogen-bond acceptors (Lipinski definition) is 5. The molecule has 5 aromatic rings. The van der Waals surface area contributed by atoms with Gasteiger partial charge in [-0.15, -0.1) is 0 Å². The van der Waals surface area contributed by atoms with E-state index in [1.54, 1.807) is 0 Å². The average Bonchev–Trinajstić information content (AvgIpc) is 2.80. The van der Waals surface area contributed by atoms with E-state index in [0.29, 0.717) is 12.4 Å². The minimum absolute atomic E-state index is 0.405. The van der Waals surface area contributed by atoms with Crippen molar-refractivity contribution in [3.63, 3.8) is 0 Å². The standard InChI is InChI=1S/C25H17N5/c26-12-11-17-5-8-22(9-6-17)29-25-28-16-21-13-18(7-10-24(21)30-25)20-14-19-3-1-2-4-23(19)27-15-20/h1-10,13-16H,11H2,(H,28,29,30). The molecule has 0 aliphatic rings. The van der Waals surface area contributed by atoms with E-state index in [9.17, 15) is 0 Å². The number of benzene rings is 3. The van der Waals surface area contributed by atoms with E-state index in [0.717, 1.165) is 44.2 Å². The lowest BCUT2D eigenvalue weighted by Gasteiger charge is -2.08. The quantitative estimate of drug-likeness (QED) is 0.431.